The van der Waals surface area contributed by atoms with Crippen LogP contribution in [0.5, 0.6) is 0 Å². The second kappa shape index (κ2) is 5.61. The summed E-state index contributed by atoms with van der Waals surface area (Å²) in [5.41, 5.74) is 0.252. The minimum atomic E-state index is -0.135. The first-order valence-corrected chi connectivity index (χ1v) is 8.08. The number of aromatic amines is 1. The maximum absolute atomic E-state index is 11.3. The van der Waals surface area contributed by atoms with Gasteiger partial charge in [0, 0.05) is 18.1 Å². The molecule has 1 fully saturated rings. The highest BCUT2D eigenvalue weighted by Gasteiger charge is 2.31. The smallest absolute Gasteiger partial charge is 0.273 e. The maximum atomic E-state index is 11.3. The van der Waals surface area contributed by atoms with Crippen LogP contribution in [0.3, 0.4) is 0 Å². The maximum Gasteiger partial charge on any atom is 0.343 e. The standard InChI is InChI=1S/C11H18BrN3OS/c1-15-9(16)13-14-10(15)17-8-11(7-12)5-3-2-4-6-11/h2-8H2,1H3,(H,13,16). The number of hydrogen-bond acceptors (Lipinski definition) is 3. The molecule has 1 heterocycles. The molecular weight excluding hydrogens is 302 g/mol. The van der Waals surface area contributed by atoms with Crippen LogP contribution in [0.25, 0.3) is 0 Å². The van der Waals surface area contributed by atoms with Crippen LogP contribution in [-0.4, -0.2) is 25.8 Å². The van der Waals surface area contributed by atoms with Gasteiger partial charge in [-0.25, -0.2) is 9.89 Å². The first-order valence-electron chi connectivity index (χ1n) is 5.97. The Morgan fingerprint density at radius 2 is 2.18 bits per heavy atom. The van der Waals surface area contributed by atoms with E-state index in [1.807, 2.05) is 0 Å². The first kappa shape index (κ1) is 13.2. The summed E-state index contributed by atoms with van der Waals surface area (Å²) in [5.74, 6) is 1.04. The SMILES string of the molecule is Cn1c(SCC2(CBr)CCCCC2)n[nH]c1=O. The van der Waals surface area contributed by atoms with Gasteiger partial charge in [0.25, 0.3) is 0 Å². The largest absolute Gasteiger partial charge is 0.343 e. The Kier molecular flexibility index (Phi) is 4.36. The van der Waals surface area contributed by atoms with Gasteiger partial charge in [-0.05, 0) is 18.3 Å². The van der Waals surface area contributed by atoms with Gasteiger partial charge in [-0.1, -0.05) is 47.0 Å². The highest BCUT2D eigenvalue weighted by atomic mass is 79.9. The summed E-state index contributed by atoms with van der Waals surface area (Å²) in [6.45, 7) is 0. The number of H-pyrrole nitrogens is 1. The van der Waals surface area contributed by atoms with Crippen LogP contribution in [0.4, 0.5) is 0 Å². The number of nitrogens with zero attached hydrogens (tertiary/aromatic N) is 2. The van der Waals surface area contributed by atoms with Crippen LogP contribution in [-0.2, 0) is 7.05 Å². The molecule has 1 aliphatic carbocycles. The predicted molar refractivity (Wildman–Crippen MR) is 73.9 cm³/mol. The van der Waals surface area contributed by atoms with Gasteiger partial charge in [0.05, 0.1) is 0 Å². The van der Waals surface area contributed by atoms with Gasteiger partial charge in [-0.3, -0.25) is 4.57 Å². The molecule has 0 amide bonds. The Morgan fingerprint density at radius 3 is 2.71 bits per heavy atom. The molecule has 1 aliphatic rings. The van der Waals surface area contributed by atoms with Crippen molar-refractivity contribution in [1.82, 2.24) is 14.8 Å². The van der Waals surface area contributed by atoms with Crippen molar-refractivity contribution in [1.29, 1.82) is 0 Å². The third kappa shape index (κ3) is 2.96. The predicted octanol–water partition coefficient (Wildman–Crippen LogP) is 2.55. The molecule has 17 heavy (non-hydrogen) atoms. The number of thioether (sulfide) groups is 1. The number of rotatable bonds is 4. The van der Waals surface area contributed by atoms with Crippen LogP contribution in [0, 0.1) is 5.41 Å². The Labute approximate surface area is 114 Å². The highest BCUT2D eigenvalue weighted by Crippen LogP contribution is 2.41. The number of halogens is 1. The first-order chi connectivity index (χ1) is 8.17. The van der Waals surface area contributed by atoms with Crippen molar-refractivity contribution in [3.8, 4) is 0 Å². The van der Waals surface area contributed by atoms with Crippen LogP contribution in [0.15, 0.2) is 9.95 Å². The van der Waals surface area contributed by atoms with Crippen molar-refractivity contribution >= 4 is 27.7 Å². The number of alkyl halides is 1. The molecule has 0 saturated heterocycles. The van der Waals surface area contributed by atoms with Gasteiger partial charge < -0.3 is 0 Å². The number of aromatic nitrogens is 3. The lowest BCUT2D eigenvalue weighted by Gasteiger charge is -2.35. The normalized spacial score (nSPS) is 19.4. The highest BCUT2D eigenvalue weighted by molar-refractivity contribution is 9.09. The van der Waals surface area contributed by atoms with E-state index in [0.717, 1.165) is 16.2 Å². The Bertz CT molecular complexity index is 423. The molecule has 0 aliphatic heterocycles. The second-order valence-corrected chi connectivity index (χ2v) is 6.36. The molecule has 1 N–H and O–H groups in total. The lowest BCUT2D eigenvalue weighted by molar-refractivity contribution is 0.260. The van der Waals surface area contributed by atoms with E-state index in [1.165, 1.54) is 32.1 Å². The fraction of sp³-hybridized carbons (Fsp3) is 0.818. The molecule has 1 aromatic rings. The van der Waals surface area contributed by atoms with Crippen molar-refractivity contribution in [2.75, 3.05) is 11.1 Å². The zero-order valence-corrected chi connectivity index (χ0v) is 12.4. The number of hydrogen-bond donors (Lipinski definition) is 1. The minimum absolute atomic E-state index is 0.135. The van der Waals surface area contributed by atoms with Gasteiger partial charge in [-0.15, -0.1) is 5.10 Å². The Morgan fingerprint density at radius 1 is 1.47 bits per heavy atom. The average Bonchev–Trinajstić information content (AvgIpc) is 2.69. The molecule has 4 nitrogen and oxygen atoms in total. The van der Waals surface area contributed by atoms with Gasteiger partial charge in [0.1, 0.15) is 0 Å². The van der Waals surface area contributed by atoms with E-state index < -0.39 is 0 Å². The van der Waals surface area contributed by atoms with Gasteiger partial charge in [0.2, 0.25) is 0 Å². The molecule has 0 aromatic carbocycles. The van der Waals surface area contributed by atoms with E-state index in [0.29, 0.717) is 5.41 Å². The summed E-state index contributed by atoms with van der Waals surface area (Å²) in [6.07, 6.45) is 6.57. The van der Waals surface area contributed by atoms with E-state index in [1.54, 1.807) is 23.4 Å². The van der Waals surface area contributed by atoms with Crippen molar-refractivity contribution in [3.05, 3.63) is 10.5 Å². The molecule has 0 radical (unpaired) electrons. The lowest BCUT2D eigenvalue weighted by atomic mass is 9.77. The zero-order chi connectivity index (χ0) is 12.3. The summed E-state index contributed by atoms with van der Waals surface area (Å²) < 4.78 is 1.58. The van der Waals surface area contributed by atoms with Crippen molar-refractivity contribution in [3.63, 3.8) is 0 Å². The average molecular weight is 320 g/mol. The Balaban J connectivity index is 2.00. The quantitative estimate of drug-likeness (QED) is 0.685. The molecule has 2 rings (SSSR count). The molecule has 6 heteroatoms. The summed E-state index contributed by atoms with van der Waals surface area (Å²) in [7, 11) is 1.76. The van der Waals surface area contributed by atoms with Gasteiger partial charge in [-0.2, -0.15) is 0 Å². The molecule has 96 valence electrons. The summed E-state index contributed by atoms with van der Waals surface area (Å²) >= 11 is 5.34. The van der Waals surface area contributed by atoms with Gasteiger partial charge >= 0.3 is 5.69 Å². The van der Waals surface area contributed by atoms with E-state index >= 15 is 0 Å². The van der Waals surface area contributed by atoms with Gasteiger partial charge in [0.15, 0.2) is 5.16 Å². The topological polar surface area (TPSA) is 50.7 Å². The van der Waals surface area contributed by atoms with Crippen molar-refractivity contribution < 1.29 is 0 Å². The van der Waals surface area contributed by atoms with E-state index in [9.17, 15) is 4.79 Å². The molecular formula is C11H18BrN3OS. The van der Waals surface area contributed by atoms with E-state index in [-0.39, 0.29) is 5.69 Å². The van der Waals surface area contributed by atoms with Crippen LogP contribution < -0.4 is 5.69 Å². The zero-order valence-electron chi connectivity index (χ0n) is 10.0. The monoisotopic (exact) mass is 319 g/mol. The van der Waals surface area contributed by atoms with E-state index in [2.05, 4.69) is 26.1 Å². The summed E-state index contributed by atoms with van der Waals surface area (Å²) in [6, 6.07) is 0. The lowest BCUT2D eigenvalue weighted by Crippen LogP contribution is -2.28. The second-order valence-electron chi connectivity index (χ2n) is 4.85. The van der Waals surface area contributed by atoms with Crippen molar-refractivity contribution in [2.45, 2.75) is 37.3 Å². The third-order valence-electron chi connectivity index (χ3n) is 3.54. The third-order valence-corrected chi connectivity index (χ3v) is 6.11. The van der Waals surface area contributed by atoms with Crippen LogP contribution >= 0.6 is 27.7 Å². The summed E-state index contributed by atoms with van der Waals surface area (Å²) in [5, 5.41) is 8.36. The fourth-order valence-electron chi connectivity index (χ4n) is 2.30. The molecule has 1 aromatic heterocycles. The molecule has 0 unspecified atom stereocenters. The number of nitrogens with one attached hydrogen (secondary N) is 1. The fourth-order valence-corrected chi connectivity index (χ4v) is 4.53. The minimum Gasteiger partial charge on any atom is -0.273 e. The Hall–Kier alpha value is -0.230. The molecule has 1 saturated carbocycles. The van der Waals surface area contributed by atoms with Crippen LogP contribution in [0.1, 0.15) is 32.1 Å². The summed E-state index contributed by atoms with van der Waals surface area (Å²) in [4.78, 5) is 11.3. The molecule has 0 bridgehead atoms. The van der Waals surface area contributed by atoms with E-state index in [4.69, 9.17) is 0 Å². The van der Waals surface area contributed by atoms with Crippen molar-refractivity contribution in [2.24, 2.45) is 12.5 Å². The molecule has 0 spiro atoms. The molecule has 0 atom stereocenters. The van der Waals surface area contributed by atoms with Crippen LogP contribution in [0.2, 0.25) is 0 Å².